The molecule has 168 valence electrons. The molecule has 1 aromatic heterocycles. The van der Waals surface area contributed by atoms with Crippen LogP contribution in [0.3, 0.4) is 0 Å². The largest absolute Gasteiger partial charge is 0.417 e. The first kappa shape index (κ1) is 22.4. The zero-order valence-corrected chi connectivity index (χ0v) is 18.4. The number of nitrogens with zero attached hydrogens (tertiary/aromatic N) is 2. The van der Waals surface area contributed by atoms with Crippen molar-refractivity contribution in [1.29, 1.82) is 5.26 Å². The molecule has 4 rings (SSSR count). The van der Waals surface area contributed by atoms with Crippen LogP contribution in [0, 0.1) is 25.2 Å². The van der Waals surface area contributed by atoms with E-state index in [0.717, 1.165) is 41.5 Å². The maximum Gasteiger partial charge on any atom is 0.388 e. The number of ether oxygens (including phenoxy) is 1. The molecule has 1 heterocycles. The number of aryl methyl sites for hydroxylation is 2. The Hall–Kier alpha value is -3.79. The molecular weight excluding hydrogens is 424 g/mol. The molecule has 3 aromatic rings. The Kier molecular flexibility index (Phi) is 6.10. The van der Waals surface area contributed by atoms with Crippen LogP contribution in [0.2, 0.25) is 0 Å². The monoisotopic (exact) mass is 447 g/mol. The first-order chi connectivity index (χ1) is 15.8. The van der Waals surface area contributed by atoms with Crippen molar-refractivity contribution in [2.45, 2.75) is 45.3 Å². The molecule has 7 heteroatoms. The molecular formula is C26H23F2N3O2. The molecule has 1 saturated carbocycles. The zero-order valence-electron chi connectivity index (χ0n) is 18.4. The molecule has 1 aliphatic rings. The maximum atomic E-state index is 12.8. The molecule has 5 nitrogen and oxygen atoms in total. The van der Waals surface area contributed by atoms with Gasteiger partial charge >= 0.3 is 6.61 Å². The van der Waals surface area contributed by atoms with Crippen LogP contribution in [-0.4, -0.2) is 17.5 Å². The quantitative estimate of drug-likeness (QED) is 0.530. The summed E-state index contributed by atoms with van der Waals surface area (Å²) < 4.78 is 29.5. The molecule has 0 spiro atoms. The summed E-state index contributed by atoms with van der Waals surface area (Å²) in [6, 6.07) is 18.1. The van der Waals surface area contributed by atoms with Gasteiger partial charge in [0, 0.05) is 22.9 Å². The third-order valence-corrected chi connectivity index (χ3v) is 6.15. The van der Waals surface area contributed by atoms with Crippen molar-refractivity contribution in [2.75, 3.05) is 0 Å². The molecule has 1 amide bonds. The Balaban J connectivity index is 1.57. The summed E-state index contributed by atoms with van der Waals surface area (Å²) >= 11 is 0. The highest BCUT2D eigenvalue weighted by Crippen LogP contribution is 2.42. The van der Waals surface area contributed by atoms with Crippen LogP contribution in [0.4, 0.5) is 8.78 Å². The number of rotatable bonds is 6. The second kappa shape index (κ2) is 8.99. The highest BCUT2D eigenvalue weighted by Gasteiger charge is 2.40. The molecule has 2 aromatic carbocycles. The van der Waals surface area contributed by atoms with E-state index >= 15 is 0 Å². The fourth-order valence-corrected chi connectivity index (χ4v) is 4.34. The van der Waals surface area contributed by atoms with Gasteiger partial charge in [-0.15, -0.1) is 0 Å². The summed E-state index contributed by atoms with van der Waals surface area (Å²) in [5.41, 5.74) is 4.78. The van der Waals surface area contributed by atoms with E-state index in [1.54, 1.807) is 31.2 Å². The summed E-state index contributed by atoms with van der Waals surface area (Å²) in [5, 5.41) is 12.1. The van der Waals surface area contributed by atoms with Gasteiger partial charge in [-0.3, -0.25) is 4.79 Å². The molecule has 0 aliphatic heterocycles. The van der Waals surface area contributed by atoms with E-state index < -0.39 is 12.2 Å². The van der Waals surface area contributed by atoms with Crippen molar-refractivity contribution in [3.05, 3.63) is 82.5 Å². The van der Waals surface area contributed by atoms with Crippen LogP contribution in [0.15, 0.2) is 54.6 Å². The molecule has 0 bridgehead atoms. The Morgan fingerprint density at radius 3 is 2.30 bits per heavy atom. The average Bonchev–Trinajstić information content (AvgIpc) is 2.76. The molecule has 1 aliphatic carbocycles. The fourth-order valence-electron chi connectivity index (χ4n) is 4.34. The zero-order chi connectivity index (χ0) is 23.6. The van der Waals surface area contributed by atoms with Gasteiger partial charge in [-0.1, -0.05) is 24.3 Å². The van der Waals surface area contributed by atoms with Gasteiger partial charge in [-0.2, -0.15) is 14.0 Å². The number of amides is 1. The number of carbonyl (C=O) groups is 1. The van der Waals surface area contributed by atoms with E-state index in [1.807, 2.05) is 31.2 Å². The van der Waals surface area contributed by atoms with Gasteiger partial charge in [0.2, 0.25) is 5.88 Å². The smallest absolute Gasteiger partial charge is 0.388 e. The predicted octanol–water partition coefficient (Wildman–Crippen LogP) is 5.65. The molecule has 0 saturated heterocycles. The lowest BCUT2D eigenvalue weighted by Crippen LogP contribution is -2.50. The number of halogens is 2. The number of aromatic nitrogens is 1. The van der Waals surface area contributed by atoms with Crippen LogP contribution in [0.1, 0.15) is 52.0 Å². The van der Waals surface area contributed by atoms with Crippen molar-refractivity contribution in [3.8, 4) is 23.1 Å². The summed E-state index contributed by atoms with van der Waals surface area (Å²) in [5.74, 6) is -0.270. The van der Waals surface area contributed by atoms with Crippen LogP contribution in [0.5, 0.6) is 5.88 Å². The van der Waals surface area contributed by atoms with Gasteiger partial charge in [0.1, 0.15) is 0 Å². The van der Waals surface area contributed by atoms with Crippen LogP contribution < -0.4 is 10.1 Å². The minimum absolute atomic E-state index is 0.0979. The van der Waals surface area contributed by atoms with Crippen molar-refractivity contribution >= 4 is 5.91 Å². The SMILES string of the molecule is Cc1cc(OC(F)F)nc(C)c1-c1ccc(C2(NC(=O)c3ccc(C#N)cc3)CCC2)cc1. The first-order valence-corrected chi connectivity index (χ1v) is 10.7. The second-order valence-corrected chi connectivity index (χ2v) is 8.27. The van der Waals surface area contributed by atoms with Crippen molar-refractivity contribution < 1.29 is 18.3 Å². The number of benzene rings is 2. The minimum Gasteiger partial charge on any atom is -0.417 e. The molecule has 0 atom stereocenters. The van der Waals surface area contributed by atoms with E-state index in [1.165, 1.54) is 6.07 Å². The van der Waals surface area contributed by atoms with Crippen molar-refractivity contribution in [3.63, 3.8) is 0 Å². The van der Waals surface area contributed by atoms with Crippen molar-refractivity contribution in [2.24, 2.45) is 0 Å². The molecule has 1 fully saturated rings. The lowest BCUT2D eigenvalue weighted by atomic mass is 9.71. The maximum absolute atomic E-state index is 12.8. The van der Waals surface area contributed by atoms with Gasteiger partial charge in [0.25, 0.3) is 5.91 Å². The standard InChI is InChI=1S/C26H23F2N3O2/c1-16-14-22(33-25(27)28)30-17(2)23(16)19-8-10-21(11-9-19)26(12-3-13-26)31-24(32)20-6-4-18(15-29)5-7-20/h4-11,14,25H,3,12-13H2,1-2H3,(H,31,32). The summed E-state index contributed by atoms with van der Waals surface area (Å²) in [6.07, 6.45) is 2.70. The summed E-state index contributed by atoms with van der Waals surface area (Å²) in [6.45, 7) is 0.681. The van der Waals surface area contributed by atoms with E-state index in [9.17, 15) is 13.6 Å². The highest BCUT2D eigenvalue weighted by molar-refractivity contribution is 5.95. The van der Waals surface area contributed by atoms with E-state index in [0.29, 0.717) is 16.8 Å². The number of nitriles is 1. The molecule has 33 heavy (non-hydrogen) atoms. The van der Waals surface area contributed by atoms with Gasteiger partial charge in [0.05, 0.1) is 17.2 Å². The number of hydrogen-bond acceptors (Lipinski definition) is 4. The van der Waals surface area contributed by atoms with E-state index in [2.05, 4.69) is 21.1 Å². The third kappa shape index (κ3) is 4.56. The number of nitrogens with one attached hydrogen (secondary N) is 1. The Morgan fingerprint density at radius 1 is 1.12 bits per heavy atom. The van der Waals surface area contributed by atoms with Gasteiger partial charge < -0.3 is 10.1 Å². The number of alkyl halides is 2. The lowest BCUT2D eigenvalue weighted by molar-refractivity contribution is -0.0529. The fraction of sp³-hybridized carbons (Fsp3) is 0.269. The number of carbonyl (C=O) groups excluding carboxylic acids is 1. The Bertz CT molecular complexity index is 1190. The topological polar surface area (TPSA) is 75.0 Å². The Morgan fingerprint density at radius 2 is 1.79 bits per heavy atom. The van der Waals surface area contributed by atoms with E-state index in [-0.39, 0.29) is 11.8 Å². The van der Waals surface area contributed by atoms with Gasteiger partial charge in [-0.05, 0) is 74.1 Å². The lowest BCUT2D eigenvalue weighted by Gasteiger charge is -2.43. The molecule has 0 unspecified atom stereocenters. The summed E-state index contributed by atoms with van der Waals surface area (Å²) in [7, 11) is 0. The van der Waals surface area contributed by atoms with Crippen molar-refractivity contribution in [1.82, 2.24) is 10.3 Å². The second-order valence-electron chi connectivity index (χ2n) is 8.27. The third-order valence-electron chi connectivity index (χ3n) is 6.15. The van der Waals surface area contributed by atoms with Crippen LogP contribution in [0.25, 0.3) is 11.1 Å². The van der Waals surface area contributed by atoms with Gasteiger partial charge in [-0.25, -0.2) is 4.98 Å². The van der Waals surface area contributed by atoms with Gasteiger partial charge in [0.15, 0.2) is 0 Å². The van der Waals surface area contributed by atoms with E-state index in [4.69, 9.17) is 5.26 Å². The minimum atomic E-state index is -2.92. The van der Waals surface area contributed by atoms with Crippen LogP contribution in [-0.2, 0) is 5.54 Å². The highest BCUT2D eigenvalue weighted by atomic mass is 19.3. The normalized spacial score (nSPS) is 14.3. The number of pyridine rings is 1. The summed E-state index contributed by atoms with van der Waals surface area (Å²) in [4.78, 5) is 17.0. The predicted molar refractivity (Wildman–Crippen MR) is 120 cm³/mol. The molecule has 0 radical (unpaired) electrons. The molecule has 1 N–H and O–H groups in total. The van der Waals surface area contributed by atoms with Crippen LogP contribution >= 0.6 is 0 Å². The average molecular weight is 447 g/mol. The Labute approximate surface area is 191 Å². The number of hydrogen-bond donors (Lipinski definition) is 1. The first-order valence-electron chi connectivity index (χ1n) is 10.7.